The summed E-state index contributed by atoms with van der Waals surface area (Å²) in [6.45, 7) is 4.04. The molecule has 0 heterocycles. The van der Waals surface area contributed by atoms with Gasteiger partial charge in [0.15, 0.2) is 0 Å². The van der Waals surface area contributed by atoms with Crippen molar-refractivity contribution in [1.82, 2.24) is 5.32 Å². The topological polar surface area (TPSA) is 41.1 Å². The summed E-state index contributed by atoms with van der Waals surface area (Å²) < 4.78 is 0. The van der Waals surface area contributed by atoms with Crippen molar-refractivity contribution in [3.63, 3.8) is 0 Å². The third kappa shape index (κ3) is 4.23. The first kappa shape index (κ1) is 16.8. The van der Waals surface area contributed by atoms with Gasteiger partial charge in [-0.2, -0.15) is 0 Å². The number of amides is 1. The monoisotopic (exact) mass is 336 g/mol. The van der Waals surface area contributed by atoms with E-state index in [1.165, 1.54) is 0 Å². The van der Waals surface area contributed by atoms with E-state index in [1.54, 1.807) is 6.07 Å². The Morgan fingerprint density at radius 3 is 2.50 bits per heavy atom. The maximum atomic E-state index is 12.0. The third-order valence-corrected chi connectivity index (χ3v) is 4.24. The van der Waals surface area contributed by atoms with Gasteiger partial charge < -0.3 is 10.6 Å². The van der Waals surface area contributed by atoms with Crippen LogP contribution in [0.4, 0.5) is 5.69 Å². The summed E-state index contributed by atoms with van der Waals surface area (Å²) in [6.07, 6.45) is 0. The van der Waals surface area contributed by atoms with Gasteiger partial charge in [0.1, 0.15) is 0 Å². The number of hydrogen-bond donors (Lipinski definition) is 2. The molecule has 2 rings (SSSR count). The van der Waals surface area contributed by atoms with E-state index in [-0.39, 0.29) is 18.5 Å². The summed E-state index contributed by atoms with van der Waals surface area (Å²) in [5, 5.41) is 7.34. The molecule has 0 aliphatic carbocycles. The third-order valence-electron chi connectivity index (χ3n) is 3.48. The average Bonchev–Trinajstić information content (AvgIpc) is 2.50. The number of carbonyl (C=O) groups is 1. The number of rotatable bonds is 5. The van der Waals surface area contributed by atoms with E-state index in [1.807, 2.05) is 50.2 Å². The lowest BCUT2D eigenvalue weighted by atomic mass is 10.1. The van der Waals surface area contributed by atoms with Gasteiger partial charge >= 0.3 is 0 Å². The Morgan fingerprint density at radius 1 is 1.09 bits per heavy atom. The second-order valence-corrected chi connectivity index (χ2v) is 5.90. The predicted octanol–water partition coefficient (Wildman–Crippen LogP) is 4.59. The van der Waals surface area contributed by atoms with Crippen LogP contribution in [0.15, 0.2) is 42.5 Å². The molecule has 0 unspecified atom stereocenters. The van der Waals surface area contributed by atoms with Gasteiger partial charge in [-0.1, -0.05) is 47.5 Å². The minimum absolute atomic E-state index is 0.0140. The van der Waals surface area contributed by atoms with Crippen molar-refractivity contribution < 1.29 is 4.79 Å². The van der Waals surface area contributed by atoms with Crippen LogP contribution in [0.3, 0.4) is 0 Å². The van der Waals surface area contributed by atoms with Crippen molar-refractivity contribution in [1.29, 1.82) is 0 Å². The summed E-state index contributed by atoms with van der Waals surface area (Å²) in [7, 11) is 0. The summed E-state index contributed by atoms with van der Waals surface area (Å²) in [5.41, 5.74) is 2.55. The number of halogens is 2. The summed E-state index contributed by atoms with van der Waals surface area (Å²) >= 11 is 12.2. The first-order chi connectivity index (χ1) is 10.5. The van der Waals surface area contributed by atoms with E-state index >= 15 is 0 Å². The smallest absolute Gasteiger partial charge is 0.238 e. The Labute approximate surface area is 140 Å². The number of benzene rings is 2. The van der Waals surface area contributed by atoms with Crippen LogP contribution in [0.1, 0.15) is 24.1 Å². The van der Waals surface area contributed by atoms with Crippen molar-refractivity contribution in [3.05, 3.63) is 63.6 Å². The molecule has 0 radical (unpaired) electrons. The van der Waals surface area contributed by atoms with Crippen LogP contribution >= 0.6 is 23.2 Å². The lowest BCUT2D eigenvalue weighted by molar-refractivity contribution is -0.115. The van der Waals surface area contributed by atoms with Gasteiger partial charge in [-0.15, -0.1) is 0 Å². The minimum Gasteiger partial charge on any atom is -0.325 e. The molecule has 2 N–H and O–H groups in total. The van der Waals surface area contributed by atoms with E-state index in [4.69, 9.17) is 23.2 Å². The summed E-state index contributed by atoms with van der Waals surface area (Å²) in [5.74, 6) is -0.121. The largest absolute Gasteiger partial charge is 0.325 e. The van der Waals surface area contributed by atoms with Crippen LogP contribution in [0.5, 0.6) is 0 Å². The van der Waals surface area contributed by atoms with Crippen LogP contribution < -0.4 is 10.6 Å². The van der Waals surface area contributed by atoms with Crippen molar-refractivity contribution >= 4 is 34.8 Å². The van der Waals surface area contributed by atoms with Gasteiger partial charge in [-0.25, -0.2) is 0 Å². The van der Waals surface area contributed by atoms with Gasteiger partial charge in [0.2, 0.25) is 5.91 Å². The zero-order valence-electron chi connectivity index (χ0n) is 12.5. The number of hydrogen-bond acceptors (Lipinski definition) is 2. The average molecular weight is 337 g/mol. The number of carbonyl (C=O) groups excluding carboxylic acids is 1. The van der Waals surface area contributed by atoms with Crippen molar-refractivity contribution in [2.75, 3.05) is 11.9 Å². The Morgan fingerprint density at radius 2 is 1.77 bits per heavy atom. The van der Waals surface area contributed by atoms with E-state index in [2.05, 4.69) is 10.6 Å². The molecule has 0 saturated heterocycles. The zero-order chi connectivity index (χ0) is 16.1. The highest BCUT2D eigenvalue weighted by Gasteiger charge is 2.11. The first-order valence-corrected chi connectivity index (χ1v) is 7.77. The fraction of sp³-hybridized carbons (Fsp3) is 0.235. The van der Waals surface area contributed by atoms with Crippen LogP contribution in [0, 0.1) is 6.92 Å². The first-order valence-electron chi connectivity index (χ1n) is 7.02. The lowest BCUT2D eigenvalue weighted by Gasteiger charge is -2.16. The molecule has 22 heavy (non-hydrogen) atoms. The molecule has 0 aromatic heterocycles. The van der Waals surface area contributed by atoms with E-state index in [0.29, 0.717) is 10.0 Å². The standard InChI is InChI=1S/C17H18Cl2N2O/c1-11-14(18)8-5-9-16(11)21-17(22)10-20-12(2)13-6-3-4-7-15(13)19/h3-9,12,20H,10H2,1-2H3,(H,21,22)/t12-/m1/s1. The highest BCUT2D eigenvalue weighted by Crippen LogP contribution is 2.23. The summed E-state index contributed by atoms with van der Waals surface area (Å²) in [4.78, 5) is 12.0. The van der Waals surface area contributed by atoms with Crippen LogP contribution in [0.25, 0.3) is 0 Å². The van der Waals surface area contributed by atoms with Gasteiger partial charge in [0, 0.05) is 21.8 Å². The zero-order valence-corrected chi connectivity index (χ0v) is 14.0. The second-order valence-electron chi connectivity index (χ2n) is 5.08. The molecule has 1 atom stereocenters. The molecule has 1 amide bonds. The lowest BCUT2D eigenvalue weighted by Crippen LogP contribution is -2.30. The van der Waals surface area contributed by atoms with Gasteiger partial charge in [0.25, 0.3) is 0 Å². The van der Waals surface area contributed by atoms with Crippen LogP contribution in [0.2, 0.25) is 10.0 Å². The molecule has 0 aliphatic heterocycles. The molecule has 0 bridgehead atoms. The molecule has 2 aromatic rings. The number of anilines is 1. The Bertz CT molecular complexity index is 673. The van der Waals surface area contributed by atoms with E-state index in [0.717, 1.165) is 16.8 Å². The van der Waals surface area contributed by atoms with Gasteiger partial charge in [-0.3, -0.25) is 4.79 Å². The molecule has 3 nitrogen and oxygen atoms in total. The molecule has 0 fully saturated rings. The Hall–Kier alpha value is -1.55. The highest BCUT2D eigenvalue weighted by atomic mass is 35.5. The van der Waals surface area contributed by atoms with Gasteiger partial charge in [-0.05, 0) is 43.2 Å². The van der Waals surface area contributed by atoms with Crippen molar-refractivity contribution in [2.24, 2.45) is 0 Å². The maximum absolute atomic E-state index is 12.0. The van der Waals surface area contributed by atoms with Crippen molar-refractivity contribution in [2.45, 2.75) is 19.9 Å². The normalized spacial score (nSPS) is 12.0. The molecular weight excluding hydrogens is 319 g/mol. The molecule has 5 heteroatoms. The fourth-order valence-electron chi connectivity index (χ4n) is 2.12. The molecule has 0 aliphatic rings. The quantitative estimate of drug-likeness (QED) is 0.838. The van der Waals surface area contributed by atoms with E-state index in [9.17, 15) is 4.79 Å². The maximum Gasteiger partial charge on any atom is 0.238 e. The minimum atomic E-state index is -0.121. The highest BCUT2D eigenvalue weighted by molar-refractivity contribution is 6.32. The Balaban J connectivity index is 1.93. The molecule has 0 spiro atoms. The Kier molecular flexibility index (Phi) is 5.83. The second kappa shape index (κ2) is 7.63. The number of nitrogens with one attached hydrogen (secondary N) is 2. The van der Waals surface area contributed by atoms with Crippen molar-refractivity contribution in [3.8, 4) is 0 Å². The van der Waals surface area contributed by atoms with Crippen LogP contribution in [-0.2, 0) is 4.79 Å². The molecule has 0 saturated carbocycles. The molecule has 116 valence electrons. The molecular formula is C17H18Cl2N2O. The van der Waals surface area contributed by atoms with E-state index < -0.39 is 0 Å². The van der Waals surface area contributed by atoms with Gasteiger partial charge in [0.05, 0.1) is 6.54 Å². The fourth-order valence-corrected chi connectivity index (χ4v) is 2.59. The predicted molar refractivity (Wildman–Crippen MR) is 92.7 cm³/mol. The SMILES string of the molecule is Cc1c(Cl)cccc1NC(=O)CN[C@H](C)c1ccccc1Cl. The van der Waals surface area contributed by atoms with Crippen LogP contribution in [-0.4, -0.2) is 12.5 Å². The molecule has 2 aromatic carbocycles. The summed E-state index contributed by atoms with van der Waals surface area (Å²) in [6, 6.07) is 13.0.